The number of aromatic nitrogens is 4. The molecule has 16 heavy (non-hydrogen) atoms. The number of pyridine rings is 1. The molecule has 1 aliphatic carbocycles. The van der Waals surface area contributed by atoms with Gasteiger partial charge < -0.3 is 9.97 Å². The quantitative estimate of drug-likeness (QED) is 0.645. The molecule has 5 nitrogen and oxygen atoms in total. The van der Waals surface area contributed by atoms with Crippen molar-refractivity contribution in [1.82, 2.24) is 19.5 Å². The predicted octanol–water partition coefficient (Wildman–Crippen LogP) is 1.54. The second-order valence-corrected chi connectivity index (χ2v) is 4.29. The highest BCUT2D eigenvalue weighted by Gasteiger charge is 2.28. The largest absolute Gasteiger partial charge is 0.346 e. The molecule has 1 fully saturated rings. The molecular formula is C11H10N4O. The van der Waals surface area contributed by atoms with Gasteiger partial charge in [0, 0.05) is 17.6 Å². The van der Waals surface area contributed by atoms with Crippen molar-refractivity contribution >= 4 is 22.1 Å². The molecular weight excluding hydrogens is 204 g/mol. The molecule has 0 unspecified atom stereocenters. The van der Waals surface area contributed by atoms with Crippen LogP contribution in [0.15, 0.2) is 23.3 Å². The Bertz CT molecular complexity index is 744. The minimum atomic E-state index is -0.0204. The maximum Gasteiger partial charge on any atom is 0.326 e. The summed E-state index contributed by atoms with van der Waals surface area (Å²) in [5, 5.41) is 1.02. The van der Waals surface area contributed by atoms with E-state index in [1.807, 2.05) is 16.8 Å². The third-order valence-electron chi connectivity index (χ3n) is 3.17. The minimum Gasteiger partial charge on any atom is -0.346 e. The second-order valence-electron chi connectivity index (χ2n) is 4.29. The van der Waals surface area contributed by atoms with Crippen molar-refractivity contribution in [2.45, 2.75) is 18.9 Å². The second kappa shape index (κ2) is 2.55. The van der Waals surface area contributed by atoms with Gasteiger partial charge in [0.2, 0.25) is 0 Å². The van der Waals surface area contributed by atoms with Crippen LogP contribution in [0.25, 0.3) is 22.1 Å². The van der Waals surface area contributed by atoms with Crippen molar-refractivity contribution in [3.63, 3.8) is 0 Å². The number of imidazole rings is 1. The lowest BCUT2D eigenvalue weighted by atomic mass is 10.3. The van der Waals surface area contributed by atoms with E-state index in [9.17, 15) is 4.79 Å². The van der Waals surface area contributed by atoms with E-state index in [4.69, 9.17) is 0 Å². The van der Waals surface area contributed by atoms with E-state index in [1.54, 1.807) is 6.20 Å². The lowest BCUT2D eigenvalue weighted by Gasteiger charge is -2.00. The number of nitrogens with one attached hydrogen (secondary N) is 2. The van der Waals surface area contributed by atoms with E-state index in [0.29, 0.717) is 6.04 Å². The monoisotopic (exact) mass is 214 g/mol. The van der Waals surface area contributed by atoms with Gasteiger partial charge in [-0.05, 0) is 18.9 Å². The van der Waals surface area contributed by atoms with Gasteiger partial charge in [-0.2, -0.15) is 0 Å². The number of nitrogens with zero attached hydrogens (tertiary/aromatic N) is 2. The summed E-state index contributed by atoms with van der Waals surface area (Å²) >= 11 is 0. The van der Waals surface area contributed by atoms with E-state index >= 15 is 0 Å². The summed E-state index contributed by atoms with van der Waals surface area (Å²) in [7, 11) is 0. The van der Waals surface area contributed by atoms with E-state index in [0.717, 1.165) is 34.9 Å². The summed E-state index contributed by atoms with van der Waals surface area (Å²) in [6, 6.07) is 2.35. The minimum absolute atomic E-state index is 0.0204. The standard InChI is InChI=1S/C11H10N4O/c16-11-14-8-5-13-10-7(3-4-12-10)9(8)15(11)6-1-2-6/h3-6H,1-2H2,(H,12,13)(H,14,16). The topological polar surface area (TPSA) is 66.5 Å². The van der Waals surface area contributed by atoms with Crippen molar-refractivity contribution < 1.29 is 0 Å². The van der Waals surface area contributed by atoms with Gasteiger partial charge in [-0.3, -0.25) is 4.57 Å². The summed E-state index contributed by atoms with van der Waals surface area (Å²) in [5.41, 5.74) is 2.62. The number of fused-ring (bicyclic) bond motifs is 3. The Morgan fingerprint density at radius 3 is 3.12 bits per heavy atom. The molecule has 0 bridgehead atoms. The first-order chi connectivity index (χ1) is 7.84. The Morgan fingerprint density at radius 2 is 2.31 bits per heavy atom. The number of H-pyrrole nitrogens is 2. The molecule has 0 spiro atoms. The third kappa shape index (κ3) is 0.900. The van der Waals surface area contributed by atoms with Crippen LogP contribution < -0.4 is 5.69 Å². The fourth-order valence-corrected chi connectivity index (χ4v) is 2.30. The first-order valence-corrected chi connectivity index (χ1v) is 5.41. The van der Waals surface area contributed by atoms with Gasteiger partial charge in [0.25, 0.3) is 0 Å². The maximum absolute atomic E-state index is 11.9. The molecule has 0 saturated heterocycles. The SMILES string of the molecule is O=c1[nH]c2cnc3[nH]ccc3c2n1C1CC1. The van der Waals surface area contributed by atoms with Crippen LogP contribution in [0.4, 0.5) is 0 Å². The smallest absolute Gasteiger partial charge is 0.326 e. The van der Waals surface area contributed by atoms with E-state index in [1.165, 1.54) is 0 Å². The fourth-order valence-electron chi connectivity index (χ4n) is 2.30. The zero-order chi connectivity index (χ0) is 10.7. The molecule has 0 radical (unpaired) electrons. The Balaban J connectivity index is 2.28. The normalized spacial score (nSPS) is 16.2. The average molecular weight is 214 g/mol. The fraction of sp³-hybridized carbons (Fsp3) is 0.273. The van der Waals surface area contributed by atoms with Crippen molar-refractivity contribution in [3.8, 4) is 0 Å². The zero-order valence-electron chi connectivity index (χ0n) is 8.53. The Kier molecular flexibility index (Phi) is 1.30. The van der Waals surface area contributed by atoms with Crippen LogP contribution in [-0.4, -0.2) is 19.5 Å². The molecule has 3 aromatic heterocycles. The number of rotatable bonds is 1. The first kappa shape index (κ1) is 8.15. The molecule has 3 heterocycles. The van der Waals surface area contributed by atoms with Crippen molar-refractivity contribution in [3.05, 3.63) is 28.9 Å². The van der Waals surface area contributed by atoms with E-state index < -0.39 is 0 Å². The lowest BCUT2D eigenvalue weighted by molar-refractivity contribution is 0.735. The molecule has 1 saturated carbocycles. The van der Waals surface area contributed by atoms with E-state index in [-0.39, 0.29) is 5.69 Å². The van der Waals surface area contributed by atoms with Crippen molar-refractivity contribution in [1.29, 1.82) is 0 Å². The highest BCUT2D eigenvalue weighted by atomic mass is 16.1. The lowest BCUT2D eigenvalue weighted by Crippen LogP contribution is -2.15. The first-order valence-electron chi connectivity index (χ1n) is 5.41. The van der Waals surface area contributed by atoms with Crippen LogP contribution in [0.5, 0.6) is 0 Å². The highest BCUT2D eigenvalue weighted by Crippen LogP contribution is 2.36. The Labute approximate surface area is 90.1 Å². The van der Waals surface area contributed by atoms with Crippen LogP contribution in [0.3, 0.4) is 0 Å². The third-order valence-corrected chi connectivity index (χ3v) is 3.17. The Hall–Kier alpha value is -2.04. The summed E-state index contributed by atoms with van der Waals surface area (Å²) in [6.07, 6.45) is 5.77. The molecule has 80 valence electrons. The van der Waals surface area contributed by atoms with Crippen LogP contribution in [0.2, 0.25) is 0 Å². The van der Waals surface area contributed by atoms with Crippen molar-refractivity contribution in [2.75, 3.05) is 0 Å². The van der Waals surface area contributed by atoms with Crippen molar-refractivity contribution in [2.24, 2.45) is 0 Å². The predicted molar refractivity (Wildman–Crippen MR) is 60.5 cm³/mol. The maximum atomic E-state index is 11.9. The molecule has 0 amide bonds. The van der Waals surface area contributed by atoms with Gasteiger partial charge in [0.05, 0.1) is 17.2 Å². The molecule has 0 aliphatic heterocycles. The number of hydrogen-bond acceptors (Lipinski definition) is 2. The molecule has 0 aromatic carbocycles. The number of hydrogen-bond donors (Lipinski definition) is 2. The molecule has 0 atom stereocenters. The van der Waals surface area contributed by atoms with Crippen LogP contribution in [-0.2, 0) is 0 Å². The van der Waals surface area contributed by atoms with Gasteiger partial charge in [-0.15, -0.1) is 0 Å². The summed E-state index contributed by atoms with van der Waals surface area (Å²) in [5.74, 6) is 0. The van der Waals surface area contributed by atoms with E-state index in [2.05, 4.69) is 15.0 Å². The van der Waals surface area contributed by atoms with Gasteiger partial charge in [-0.1, -0.05) is 0 Å². The summed E-state index contributed by atoms with van der Waals surface area (Å²) < 4.78 is 1.87. The molecule has 5 heteroatoms. The number of aromatic amines is 2. The molecule has 4 rings (SSSR count). The van der Waals surface area contributed by atoms with Crippen LogP contribution >= 0.6 is 0 Å². The van der Waals surface area contributed by atoms with Gasteiger partial charge in [0.15, 0.2) is 0 Å². The summed E-state index contributed by atoms with van der Waals surface area (Å²) in [6.45, 7) is 0. The summed E-state index contributed by atoms with van der Waals surface area (Å²) in [4.78, 5) is 22.0. The Morgan fingerprint density at radius 1 is 1.44 bits per heavy atom. The van der Waals surface area contributed by atoms with Gasteiger partial charge in [-0.25, -0.2) is 9.78 Å². The van der Waals surface area contributed by atoms with Crippen LogP contribution in [0, 0.1) is 0 Å². The van der Waals surface area contributed by atoms with Crippen LogP contribution in [0.1, 0.15) is 18.9 Å². The average Bonchev–Trinajstić information content (AvgIpc) is 2.89. The molecule has 2 N–H and O–H groups in total. The zero-order valence-corrected chi connectivity index (χ0v) is 8.53. The molecule has 3 aromatic rings. The molecule has 1 aliphatic rings. The van der Waals surface area contributed by atoms with Gasteiger partial charge >= 0.3 is 5.69 Å². The van der Waals surface area contributed by atoms with Gasteiger partial charge in [0.1, 0.15) is 5.65 Å². The highest BCUT2D eigenvalue weighted by molar-refractivity contribution is 6.00.